The number of H-pyrrole nitrogens is 1. The van der Waals surface area contributed by atoms with Gasteiger partial charge in [-0.3, -0.25) is 10.1 Å². The lowest BCUT2D eigenvalue weighted by atomic mass is 10.0. The third kappa shape index (κ3) is 3.08. The van der Waals surface area contributed by atoms with E-state index in [9.17, 15) is 4.39 Å². The summed E-state index contributed by atoms with van der Waals surface area (Å²) >= 11 is 3.43. The molecule has 0 amide bonds. The molecule has 0 spiro atoms. The maximum atomic E-state index is 14.5. The predicted molar refractivity (Wildman–Crippen MR) is 98.1 cm³/mol. The van der Waals surface area contributed by atoms with E-state index in [4.69, 9.17) is 0 Å². The first-order valence-electron chi connectivity index (χ1n) is 7.61. The monoisotopic (exact) mass is 394 g/mol. The highest BCUT2D eigenvalue weighted by molar-refractivity contribution is 9.10. The van der Waals surface area contributed by atoms with Gasteiger partial charge in [0.25, 0.3) is 0 Å². The SMILES string of the molecule is Fc1cc(-c2nc(-c3ncccc3Br)n[nH]2)ccc1-c1ccccc1. The Kier molecular flexibility index (Phi) is 4.11. The van der Waals surface area contributed by atoms with E-state index in [2.05, 4.69) is 36.1 Å². The maximum Gasteiger partial charge on any atom is 0.201 e. The first-order valence-corrected chi connectivity index (χ1v) is 8.40. The van der Waals surface area contributed by atoms with Gasteiger partial charge in [0.15, 0.2) is 5.82 Å². The maximum absolute atomic E-state index is 14.5. The quantitative estimate of drug-likeness (QED) is 0.525. The molecule has 0 fully saturated rings. The van der Waals surface area contributed by atoms with Crippen molar-refractivity contribution >= 4 is 15.9 Å². The Morgan fingerprint density at radius 3 is 2.52 bits per heavy atom. The van der Waals surface area contributed by atoms with E-state index >= 15 is 0 Å². The molecule has 4 aromatic rings. The summed E-state index contributed by atoms with van der Waals surface area (Å²) in [4.78, 5) is 8.69. The van der Waals surface area contributed by atoms with Crippen LogP contribution in [0, 0.1) is 5.82 Å². The number of rotatable bonds is 3. The molecule has 2 heterocycles. The second-order valence-electron chi connectivity index (χ2n) is 5.40. The van der Waals surface area contributed by atoms with Gasteiger partial charge in [-0.05, 0) is 39.7 Å². The summed E-state index contributed by atoms with van der Waals surface area (Å²) in [6.07, 6.45) is 1.67. The van der Waals surface area contributed by atoms with Crippen LogP contribution in [0.3, 0.4) is 0 Å². The van der Waals surface area contributed by atoms with E-state index < -0.39 is 0 Å². The van der Waals surface area contributed by atoms with Crippen LogP contribution in [-0.2, 0) is 0 Å². The Balaban J connectivity index is 1.70. The van der Waals surface area contributed by atoms with Crippen molar-refractivity contribution in [1.29, 1.82) is 0 Å². The second-order valence-corrected chi connectivity index (χ2v) is 6.26. The largest absolute Gasteiger partial charge is 0.259 e. The Labute approximate surface area is 151 Å². The van der Waals surface area contributed by atoms with Crippen LogP contribution in [0.25, 0.3) is 34.0 Å². The Morgan fingerprint density at radius 2 is 1.76 bits per heavy atom. The fourth-order valence-corrected chi connectivity index (χ4v) is 2.99. The van der Waals surface area contributed by atoms with E-state index in [-0.39, 0.29) is 5.82 Å². The lowest BCUT2D eigenvalue weighted by Gasteiger charge is -2.05. The number of aromatic amines is 1. The van der Waals surface area contributed by atoms with Crippen molar-refractivity contribution in [1.82, 2.24) is 20.2 Å². The molecule has 25 heavy (non-hydrogen) atoms. The van der Waals surface area contributed by atoms with Crippen molar-refractivity contribution in [3.05, 3.63) is 77.2 Å². The summed E-state index contributed by atoms with van der Waals surface area (Å²) in [7, 11) is 0. The first-order chi connectivity index (χ1) is 12.2. The fourth-order valence-electron chi connectivity index (χ4n) is 2.56. The van der Waals surface area contributed by atoms with E-state index in [1.165, 1.54) is 6.07 Å². The number of aromatic nitrogens is 4. The van der Waals surface area contributed by atoms with Gasteiger partial charge in [-0.2, -0.15) is 5.10 Å². The molecular formula is C19H12BrFN4. The number of halogens is 2. The molecule has 0 unspecified atom stereocenters. The fraction of sp³-hybridized carbons (Fsp3) is 0. The molecular weight excluding hydrogens is 383 g/mol. The van der Waals surface area contributed by atoms with E-state index in [1.807, 2.05) is 48.5 Å². The Hall–Kier alpha value is -2.86. The van der Waals surface area contributed by atoms with Gasteiger partial charge in [0.1, 0.15) is 11.5 Å². The second kappa shape index (κ2) is 6.57. The number of hydrogen-bond donors (Lipinski definition) is 1. The zero-order valence-electron chi connectivity index (χ0n) is 12.9. The van der Waals surface area contributed by atoms with Crippen molar-refractivity contribution in [2.24, 2.45) is 0 Å². The molecule has 0 radical (unpaired) electrons. The molecule has 122 valence electrons. The highest BCUT2D eigenvalue weighted by atomic mass is 79.9. The first kappa shape index (κ1) is 15.7. The van der Waals surface area contributed by atoms with Crippen molar-refractivity contribution in [3.8, 4) is 34.0 Å². The molecule has 1 N–H and O–H groups in total. The van der Waals surface area contributed by atoms with Gasteiger partial charge in [0, 0.05) is 21.8 Å². The van der Waals surface area contributed by atoms with Gasteiger partial charge in [0.05, 0.1) is 0 Å². The molecule has 0 bridgehead atoms. The van der Waals surface area contributed by atoms with Gasteiger partial charge >= 0.3 is 0 Å². The summed E-state index contributed by atoms with van der Waals surface area (Å²) in [5, 5.41) is 7.03. The van der Waals surface area contributed by atoms with Gasteiger partial charge < -0.3 is 0 Å². The minimum atomic E-state index is -0.305. The molecule has 2 aromatic heterocycles. The number of nitrogens with one attached hydrogen (secondary N) is 1. The van der Waals surface area contributed by atoms with Crippen LogP contribution in [0.15, 0.2) is 71.3 Å². The summed E-state index contributed by atoms with van der Waals surface area (Å²) in [5.41, 5.74) is 2.65. The van der Waals surface area contributed by atoms with Gasteiger partial charge in [0.2, 0.25) is 5.82 Å². The smallest absolute Gasteiger partial charge is 0.201 e. The molecule has 0 aliphatic rings. The molecule has 0 aliphatic carbocycles. The number of benzene rings is 2. The summed E-state index contributed by atoms with van der Waals surface area (Å²) < 4.78 is 15.3. The van der Waals surface area contributed by atoms with E-state index in [0.717, 1.165) is 10.0 Å². The van der Waals surface area contributed by atoms with E-state index in [0.29, 0.717) is 28.5 Å². The average molecular weight is 395 g/mol. The number of nitrogens with zero attached hydrogens (tertiary/aromatic N) is 3. The van der Waals surface area contributed by atoms with E-state index in [1.54, 1.807) is 12.3 Å². The van der Waals surface area contributed by atoms with Crippen molar-refractivity contribution in [3.63, 3.8) is 0 Å². The van der Waals surface area contributed by atoms with Crippen LogP contribution in [0.1, 0.15) is 0 Å². The topological polar surface area (TPSA) is 54.5 Å². The summed E-state index contributed by atoms with van der Waals surface area (Å²) in [6, 6.07) is 18.1. The predicted octanol–water partition coefficient (Wildman–Crippen LogP) is 5.10. The standard InChI is InChI=1S/C19H12BrFN4/c20-15-7-4-10-22-17(15)19-23-18(24-25-19)13-8-9-14(16(21)11-13)12-5-2-1-3-6-12/h1-11H,(H,23,24,25). The third-order valence-corrected chi connectivity index (χ3v) is 4.42. The van der Waals surface area contributed by atoms with Crippen LogP contribution in [0.2, 0.25) is 0 Å². The molecule has 4 rings (SSSR count). The third-order valence-electron chi connectivity index (χ3n) is 3.78. The van der Waals surface area contributed by atoms with Gasteiger partial charge in [-0.1, -0.05) is 42.5 Å². The van der Waals surface area contributed by atoms with Crippen LogP contribution >= 0.6 is 15.9 Å². The molecule has 4 nitrogen and oxygen atoms in total. The zero-order chi connectivity index (χ0) is 17.2. The number of pyridine rings is 1. The van der Waals surface area contributed by atoms with Crippen LogP contribution in [0.5, 0.6) is 0 Å². The minimum Gasteiger partial charge on any atom is -0.259 e. The van der Waals surface area contributed by atoms with Crippen molar-refractivity contribution in [2.45, 2.75) is 0 Å². The van der Waals surface area contributed by atoms with Gasteiger partial charge in [-0.15, -0.1) is 0 Å². The zero-order valence-corrected chi connectivity index (χ0v) is 14.5. The molecule has 0 saturated carbocycles. The normalized spacial score (nSPS) is 10.8. The Bertz CT molecular complexity index is 1030. The van der Waals surface area contributed by atoms with Crippen LogP contribution in [0.4, 0.5) is 4.39 Å². The molecule has 6 heteroatoms. The lowest BCUT2D eigenvalue weighted by Crippen LogP contribution is -1.88. The molecule has 0 aliphatic heterocycles. The van der Waals surface area contributed by atoms with Gasteiger partial charge in [-0.25, -0.2) is 9.37 Å². The Morgan fingerprint density at radius 1 is 0.920 bits per heavy atom. The lowest BCUT2D eigenvalue weighted by molar-refractivity contribution is 0.631. The molecule has 0 saturated heterocycles. The highest BCUT2D eigenvalue weighted by Gasteiger charge is 2.13. The van der Waals surface area contributed by atoms with Crippen LogP contribution in [-0.4, -0.2) is 20.2 Å². The molecule has 2 aromatic carbocycles. The molecule has 0 atom stereocenters. The minimum absolute atomic E-state index is 0.305. The summed E-state index contributed by atoms with van der Waals surface area (Å²) in [6.45, 7) is 0. The number of hydrogen-bond acceptors (Lipinski definition) is 3. The summed E-state index contributed by atoms with van der Waals surface area (Å²) in [5.74, 6) is 0.641. The van der Waals surface area contributed by atoms with Crippen LogP contribution < -0.4 is 0 Å². The van der Waals surface area contributed by atoms with Crippen molar-refractivity contribution in [2.75, 3.05) is 0 Å². The average Bonchev–Trinajstić information content (AvgIpc) is 3.12. The highest BCUT2D eigenvalue weighted by Crippen LogP contribution is 2.28. The van der Waals surface area contributed by atoms with Crippen molar-refractivity contribution < 1.29 is 4.39 Å².